The van der Waals surface area contributed by atoms with Crippen LogP contribution in [0.4, 0.5) is 18.9 Å². The molecule has 1 aromatic carbocycles. The molecule has 0 aliphatic rings. The van der Waals surface area contributed by atoms with Crippen molar-refractivity contribution in [3.63, 3.8) is 0 Å². The van der Waals surface area contributed by atoms with Crippen LogP contribution in [0.15, 0.2) is 18.2 Å². The molecular formula is C11H13ClF3NO2. The first-order valence-corrected chi connectivity index (χ1v) is 5.52. The minimum Gasteiger partial charge on any atom is -0.495 e. The number of anilines is 1. The third-order valence-electron chi connectivity index (χ3n) is 1.99. The van der Waals surface area contributed by atoms with Crippen molar-refractivity contribution in [1.82, 2.24) is 0 Å². The van der Waals surface area contributed by atoms with E-state index in [0.29, 0.717) is 16.5 Å². The van der Waals surface area contributed by atoms with Crippen LogP contribution in [0, 0.1) is 0 Å². The smallest absolute Gasteiger partial charge is 0.411 e. The van der Waals surface area contributed by atoms with Crippen molar-refractivity contribution >= 4 is 17.3 Å². The Balaban J connectivity index is 2.37. The number of halogens is 4. The van der Waals surface area contributed by atoms with Crippen LogP contribution < -0.4 is 10.1 Å². The molecule has 0 aliphatic carbocycles. The number of ether oxygens (including phenoxy) is 2. The molecule has 1 rings (SSSR count). The first kappa shape index (κ1) is 14.9. The van der Waals surface area contributed by atoms with Gasteiger partial charge in [0.25, 0.3) is 0 Å². The van der Waals surface area contributed by atoms with E-state index in [1.807, 2.05) is 0 Å². The molecule has 0 fully saturated rings. The van der Waals surface area contributed by atoms with Crippen LogP contribution in [0.25, 0.3) is 0 Å². The van der Waals surface area contributed by atoms with Crippen LogP contribution >= 0.6 is 11.6 Å². The summed E-state index contributed by atoms with van der Waals surface area (Å²) in [7, 11) is 1.49. The van der Waals surface area contributed by atoms with Crippen LogP contribution in [-0.2, 0) is 4.74 Å². The van der Waals surface area contributed by atoms with Crippen molar-refractivity contribution in [3.8, 4) is 5.75 Å². The van der Waals surface area contributed by atoms with Gasteiger partial charge in [0.15, 0.2) is 0 Å². The van der Waals surface area contributed by atoms with Gasteiger partial charge in [0.1, 0.15) is 12.4 Å². The highest BCUT2D eigenvalue weighted by Crippen LogP contribution is 2.27. The lowest BCUT2D eigenvalue weighted by Gasteiger charge is -2.12. The molecule has 7 heteroatoms. The fourth-order valence-electron chi connectivity index (χ4n) is 1.26. The van der Waals surface area contributed by atoms with Gasteiger partial charge in [0, 0.05) is 11.6 Å². The molecule has 0 atom stereocenters. The third-order valence-corrected chi connectivity index (χ3v) is 2.22. The van der Waals surface area contributed by atoms with Crippen molar-refractivity contribution < 1.29 is 22.6 Å². The number of nitrogens with one attached hydrogen (secondary N) is 1. The summed E-state index contributed by atoms with van der Waals surface area (Å²) < 4.78 is 44.9. The summed E-state index contributed by atoms with van der Waals surface area (Å²) in [5.74, 6) is 0.565. The average molecular weight is 284 g/mol. The van der Waals surface area contributed by atoms with E-state index in [-0.39, 0.29) is 13.2 Å². The number of hydrogen-bond acceptors (Lipinski definition) is 3. The maximum Gasteiger partial charge on any atom is 0.411 e. The number of rotatable bonds is 6. The zero-order valence-electron chi connectivity index (χ0n) is 9.68. The maximum absolute atomic E-state index is 11.8. The summed E-state index contributed by atoms with van der Waals surface area (Å²) in [6.07, 6.45) is -4.30. The Bertz CT molecular complexity index is 385. The summed E-state index contributed by atoms with van der Waals surface area (Å²) >= 11 is 5.80. The second-order valence-corrected chi connectivity index (χ2v) is 3.88. The first-order chi connectivity index (χ1) is 8.42. The van der Waals surface area contributed by atoms with Crippen LogP contribution in [0.2, 0.25) is 5.02 Å². The van der Waals surface area contributed by atoms with Gasteiger partial charge in [-0.3, -0.25) is 0 Å². The monoisotopic (exact) mass is 283 g/mol. The molecule has 0 saturated carbocycles. The molecule has 3 nitrogen and oxygen atoms in total. The number of methoxy groups -OCH3 is 1. The van der Waals surface area contributed by atoms with Crippen molar-refractivity contribution in [2.45, 2.75) is 6.18 Å². The van der Waals surface area contributed by atoms with Gasteiger partial charge in [0.2, 0.25) is 0 Å². The Morgan fingerprint density at radius 3 is 2.67 bits per heavy atom. The topological polar surface area (TPSA) is 30.5 Å². The second-order valence-electron chi connectivity index (χ2n) is 3.44. The molecular weight excluding hydrogens is 271 g/mol. The molecule has 1 aromatic rings. The van der Waals surface area contributed by atoms with E-state index >= 15 is 0 Å². The Hall–Kier alpha value is -1.14. The highest BCUT2D eigenvalue weighted by Gasteiger charge is 2.27. The summed E-state index contributed by atoms with van der Waals surface area (Å²) in [6, 6.07) is 4.96. The molecule has 18 heavy (non-hydrogen) atoms. The number of hydrogen-bond donors (Lipinski definition) is 1. The normalized spacial score (nSPS) is 11.4. The molecule has 0 heterocycles. The number of benzene rings is 1. The molecule has 0 aromatic heterocycles. The lowest BCUT2D eigenvalue weighted by molar-refractivity contribution is -0.172. The largest absolute Gasteiger partial charge is 0.495 e. The van der Waals surface area contributed by atoms with E-state index in [9.17, 15) is 13.2 Å². The van der Waals surface area contributed by atoms with E-state index in [1.54, 1.807) is 18.2 Å². The fourth-order valence-corrected chi connectivity index (χ4v) is 1.44. The van der Waals surface area contributed by atoms with Gasteiger partial charge in [-0.1, -0.05) is 11.6 Å². The standard InChI is InChI=1S/C11H13ClF3NO2/c1-17-10-3-2-8(12)6-9(10)16-4-5-18-7-11(13,14)15/h2-3,6,16H,4-5,7H2,1H3. The van der Waals surface area contributed by atoms with E-state index in [0.717, 1.165) is 0 Å². The van der Waals surface area contributed by atoms with Gasteiger partial charge in [-0.2, -0.15) is 13.2 Å². The van der Waals surface area contributed by atoms with Gasteiger partial charge < -0.3 is 14.8 Å². The molecule has 0 spiro atoms. The van der Waals surface area contributed by atoms with E-state index in [1.165, 1.54) is 7.11 Å². The Labute approximate surface area is 108 Å². The Morgan fingerprint density at radius 2 is 2.06 bits per heavy atom. The minimum atomic E-state index is -4.30. The molecule has 0 radical (unpaired) electrons. The zero-order chi connectivity index (χ0) is 13.6. The van der Waals surface area contributed by atoms with Gasteiger partial charge in [0.05, 0.1) is 19.4 Å². The number of alkyl halides is 3. The van der Waals surface area contributed by atoms with Crippen molar-refractivity contribution in [2.24, 2.45) is 0 Å². The summed E-state index contributed by atoms with van der Waals surface area (Å²) in [5.41, 5.74) is 0.612. The summed E-state index contributed by atoms with van der Waals surface area (Å²) in [6.45, 7) is -1.08. The van der Waals surface area contributed by atoms with Gasteiger partial charge in [-0.15, -0.1) is 0 Å². The molecule has 0 saturated heterocycles. The highest BCUT2D eigenvalue weighted by atomic mass is 35.5. The van der Waals surface area contributed by atoms with E-state index < -0.39 is 12.8 Å². The molecule has 0 amide bonds. The van der Waals surface area contributed by atoms with Crippen LogP contribution in [0.5, 0.6) is 5.75 Å². The lowest BCUT2D eigenvalue weighted by atomic mass is 10.3. The predicted molar refractivity (Wildman–Crippen MR) is 63.4 cm³/mol. The van der Waals surface area contributed by atoms with E-state index in [4.69, 9.17) is 16.3 Å². The second kappa shape index (κ2) is 6.70. The third kappa shape index (κ3) is 5.46. The molecule has 1 N–H and O–H groups in total. The SMILES string of the molecule is COc1ccc(Cl)cc1NCCOCC(F)(F)F. The van der Waals surface area contributed by atoms with Crippen molar-refractivity contribution in [3.05, 3.63) is 23.2 Å². The van der Waals surface area contributed by atoms with Gasteiger partial charge >= 0.3 is 6.18 Å². The van der Waals surface area contributed by atoms with Crippen LogP contribution in [0.1, 0.15) is 0 Å². The Kier molecular flexibility index (Phi) is 5.55. The minimum absolute atomic E-state index is 0.0603. The quantitative estimate of drug-likeness (QED) is 0.812. The van der Waals surface area contributed by atoms with Crippen LogP contribution in [0.3, 0.4) is 0 Å². The molecule has 0 aliphatic heterocycles. The average Bonchev–Trinajstić information content (AvgIpc) is 2.27. The van der Waals surface area contributed by atoms with E-state index in [2.05, 4.69) is 10.1 Å². The van der Waals surface area contributed by atoms with Gasteiger partial charge in [-0.05, 0) is 18.2 Å². The maximum atomic E-state index is 11.8. The molecule has 102 valence electrons. The summed E-state index contributed by atoms with van der Waals surface area (Å²) in [4.78, 5) is 0. The van der Waals surface area contributed by atoms with Gasteiger partial charge in [-0.25, -0.2) is 0 Å². The van der Waals surface area contributed by atoms with Crippen molar-refractivity contribution in [1.29, 1.82) is 0 Å². The Morgan fingerprint density at radius 1 is 1.33 bits per heavy atom. The lowest BCUT2D eigenvalue weighted by Crippen LogP contribution is -2.20. The predicted octanol–water partition coefficient (Wildman–Crippen LogP) is 3.34. The highest BCUT2D eigenvalue weighted by molar-refractivity contribution is 6.30. The summed E-state index contributed by atoms with van der Waals surface area (Å²) in [5, 5.41) is 3.40. The van der Waals surface area contributed by atoms with Crippen LogP contribution in [-0.4, -0.2) is 33.0 Å². The molecule has 0 bridgehead atoms. The van der Waals surface area contributed by atoms with Crippen molar-refractivity contribution in [2.75, 3.05) is 32.2 Å². The zero-order valence-corrected chi connectivity index (χ0v) is 10.4. The first-order valence-electron chi connectivity index (χ1n) is 5.14. The molecule has 0 unspecified atom stereocenters. The fraction of sp³-hybridized carbons (Fsp3) is 0.455.